The molecule has 0 aliphatic rings. The first-order valence-electron chi connectivity index (χ1n) is 9.37. The maximum atomic E-state index is 12.3. The van der Waals surface area contributed by atoms with Crippen molar-refractivity contribution < 1.29 is 4.79 Å². The van der Waals surface area contributed by atoms with Gasteiger partial charge in [0, 0.05) is 12.1 Å². The Hall–Kier alpha value is -3.46. The predicted octanol–water partition coefficient (Wildman–Crippen LogP) is 2.75. The lowest BCUT2D eigenvalue weighted by Gasteiger charge is -2.05. The van der Waals surface area contributed by atoms with Crippen LogP contribution in [-0.4, -0.2) is 36.5 Å². The van der Waals surface area contributed by atoms with Gasteiger partial charge in [0.15, 0.2) is 0 Å². The number of thioether (sulfide) groups is 1. The Morgan fingerprint density at radius 2 is 1.70 bits per heavy atom. The smallest absolute Gasteiger partial charge is 0.274 e. The minimum atomic E-state index is -0.302. The van der Waals surface area contributed by atoms with Crippen molar-refractivity contribution in [3.63, 3.8) is 0 Å². The molecule has 2 aromatic heterocycles. The number of hydrogen-bond donors (Lipinski definition) is 2. The van der Waals surface area contributed by atoms with Crippen molar-refractivity contribution in [2.75, 3.05) is 11.1 Å². The molecule has 152 valence electrons. The number of anilines is 1. The molecule has 30 heavy (non-hydrogen) atoms. The summed E-state index contributed by atoms with van der Waals surface area (Å²) in [5.41, 5.74) is 4.05. The first-order valence-corrected chi connectivity index (χ1v) is 10.4. The van der Waals surface area contributed by atoms with Gasteiger partial charge < -0.3 is 5.32 Å². The highest BCUT2D eigenvalue weighted by atomic mass is 32.2. The summed E-state index contributed by atoms with van der Waals surface area (Å²) in [4.78, 5) is 27.3. The average molecular weight is 420 g/mol. The summed E-state index contributed by atoms with van der Waals surface area (Å²) < 4.78 is 1.47. The molecule has 0 radical (unpaired) electrons. The van der Waals surface area contributed by atoms with Gasteiger partial charge in [0.1, 0.15) is 5.69 Å². The number of carbonyl (C=O) groups excluding carboxylic acids is 1. The normalized spacial score (nSPS) is 11.0. The molecule has 0 spiro atoms. The minimum absolute atomic E-state index is 0.142. The molecular formula is C21H20N6O2S. The molecule has 9 heteroatoms. The molecule has 8 nitrogen and oxygen atoms in total. The number of benzene rings is 2. The van der Waals surface area contributed by atoms with Crippen LogP contribution in [0, 0.1) is 13.8 Å². The Bertz CT molecular complexity index is 1250. The van der Waals surface area contributed by atoms with Gasteiger partial charge in [-0.1, -0.05) is 59.3 Å². The van der Waals surface area contributed by atoms with E-state index in [1.54, 1.807) is 0 Å². The molecule has 0 fully saturated rings. The largest absolute Gasteiger partial charge is 0.325 e. The van der Waals surface area contributed by atoms with Crippen LogP contribution in [0.4, 0.5) is 5.69 Å². The van der Waals surface area contributed by atoms with E-state index in [0.29, 0.717) is 17.3 Å². The summed E-state index contributed by atoms with van der Waals surface area (Å²) in [6.07, 6.45) is 0.391. The van der Waals surface area contributed by atoms with E-state index in [0.717, 1.165) is 22.4 Å². The fourth-order valence-corrected chi connectivity index (χ4v) is 3.52. The van der Waals surface area contributed by atoms with E-state index >= 15 is 0 Å². The van der Waals surface area contributed by atoms with Gasteiger partial charge in [-0.3, -0.25) is 14.6 Å². The molecule has 0 aliphatic heterocycles. The van der Waals surface area contributed by atoms with Gasteiger partial charge in [-0.2, -0.15) is 9.61 Å². The number of H-pyrrole nitrogens is 1. The van der Waals surface area contributed by atoms with Crippen LogP contribution in [0.5, 0.6) is 0 Å². The van der Waals surface area contributed by atoms with Crippen LogP contribution in [0.25, 0.3) is 5.78 Å². The number of fused-ring (bicyclic) bond motifs is 1. The summed E-state index contributed by atoms with van der Waals surface area (Å²) in [7, 11) is 0. The van der Waals surface area contributed by atoms with Gasteiger partial charge >= 0.3 is 0 Å². The molecule has 0 bridgehead atoms. The van der Waals surface area contributed by atoms with Crippen LogP contribution in [0.15, 0.2) is 58.5 Å². The molecule has 4 rings (SSSR count). The van der Waals surface area contributed by atoms with Gasteiger partial charge in [0.05, 0.1) is 5.75 Å². The Morgan fingerprint density at radius 1 is 1.03 bits per heavy atom. The Balaban J connectivity index is 1.48. The minimum Gasteiger partial charge on any atom is -0.325 e. The van der Waals surface area contributed by atoms with Gasteiger partial charge in [-0.15, -0.1) is 10.2 Å². The Labute approximate surface area is 176 Å². The molecule has 2 N–H and O–H groups in total. The average Bonchev–Trinajstić information content (AvgIpc) is 3.11. The van der Waals surface area contributed by atoms with E-state index < -0.39 is 0 Å². The number of aromatic nitrogens is 5. The third-order valence-corrected chi connectivity index (χ3v) is 5.40. The quantitative estimate of drug-likeness (QED) is 0.465. The molecular weight excluding hydrogens is 400 g/mol. The molecule has 1 amide bonds. The zero-order valence-electron chi connectivity index (χ0n) is 16.5. The standard InChI is InChI=1S/C21H20N6O2S/c1-13-3-7-15(8-4-13)11-17-19(29)23-20-24-25-21(27(20)26-17)30-12-18(28)22-16-9-5-14(2)6-10-16/h3-10H,11-12H2,1-2H3,(H,22,28)(H,23,24,29). The summed E-state index contributed by atoms with van der Waals surface area (Å²) >= 11 is 1.20. The lowest BCUT2D eigenvalue weighted by molar-refractivity contribution is -0.113. The van der Waals surface area contributed by atoms with Crippen LogP contribution in [-0.2, 0) is 11.2 Å². The Kier molecular flexibility index (Phi) is 5.62. The summed E-state index contributed by atoms with van der Waals surface area (Å²) in [6, 6.07) is 15.5. The number of hydrogen-bond acceptors (Lipinski definition) is 6. The summed E-state index contributed by atoms with van der Waals surface area (Å²) in [5, 5.41) is 15.7. The number of amides is 1. The molecule has 0 saturated carbocycles. The van der Waals surface area contributed by atoms with E-state index in [9.17, 15) is 9.59 Å². The summed E-state index contributed by atoms with van der Waals surface area (Å²) in [6.45, 7) is 4.00. The first-order chi connectivity index (χ1) is 14.5. The van der Waals surface area contributed by atoms with Crippen molar-refractivity contribution >= 4 is 29.1 Å². The van der Waals surface area contributed by atoms with Gasteiger partial charge in [-0.25, -0.2) is 0 Å². The molecule has 0 atom stereocenters. The maximum Gasteiger partial charge on any atom is 0.274 e. The fraction of sp³-hybridized carbons (Fsp3) is 0.190. The molecule has 2 aromatic carbocycles. The number of aryl methyl sites for hydroxylation is 2. The zero-order chi connectivity index (χ0) is 21.1. The van der Waals surface area contributed by atoms with Crippen molar-refractivity contribution in [3.05, 3.63) is 81.3 Å². The van der Waals surface area contributed by atoms with Crippen molar-refractivity contribution in [3.8, 4) is 0 Å². The molecule has 0 unspecified atom stereocenters. The van der Waals surface area contributed by atoms with Crippen LogP contribution in [0.3, 0.4) is 0 Å². The van der Waals surface area contributed by atoms with Crippen molar-refractivity contribution in [2.45, 2.75) is 25.4 Å². The van der Waals surface area contributed by atoms with Crippen molar-refractivity contribution in [2.24, 2.45) is 0 Å². The van der Waals surface area contributed by atoms with Crippen molar-refractivity contribution in [1.29, 1.82) is 0 Å². The first kappa shape index (κ1) is 19.8. The number of aromatic amines is 1. The maximum absolute atomic E-state index is 12.3. The second-order valence-corrected chi connectivity index (χ2v) is 7.93. The topological polar surface area (TPSA) is 105 Å². The lowest BCUT2D eigenvalue weighted by atomic mass is 10.1. The van der Waals surface area contributed by atoms with E-state index in [4.69, 9.17) is 0 Å². The highest BCUT2D eigenvalue weighted by molar-refractivity contribution is 7.99. The van der Waals surface area contributed by atoms with Crippen LogP contribution in [0.2, 0.25) is 0 Å². The summed E-state index contributed by atoms with van der Waals surface area (Å²) in [5.74, 6) is 0.224. The molecule has 0 aliphatic carbocycles. The molecule has 0 saturated heterocycles. The number of carbonyl (C=O) groups is 1. The van der Waals surface area contributed by atoms with Gasteiger partial charge in [0.2, 0.25) is 11.1 Å². The predicted molar refractivity (Wildman–Crippen MR) is 116 cm³/mol. The van der Waals surface area contributed by atoms with Crippen molar-refractivity contribution in [1.82, 2.24) is 24.8 Å². The fourth-order valence-electron chi connectivity index (χ4n) is 2.84. The highest BCUT2D eigenvalue weighted by Gasteiger charge is 2.14. The lowest BCUT2D eigenvalue weighted by Crippen LogP contribution is -2.19. The zero-order valence-corrected chi connectivity index (χ0v) is 17.4. The SMILES string of the molecule is Cc1ccc(Cc2nn3c(SCC(=O)Nc4ccc(C)cc4)nnc3[nH]c2=O)cc1. The second kappa shape index (κ2) is 8.50. The number of nitrogens with one attached hydrogen (secondary N) is 2. The number of nitrogens with zero attached hydrogens (tertiary/aromatic N) is 4. The highest BCUT2D eigenvalue weighted by Crippen LogP contribution is 2.16. The number of rotatable bonds is 6. The van der Waals surface area contributed by atoms with Gasteiger partial charge in [0.25, 0.3) is 11.3 Å². The monoisotopic (exact) mass is 420 g/mol. The third kappa shape index (κ3) is 4.57. The second-order valence-electron chi connectivity index (χ2n) is 6.98. The van der Waals surface area contributed by atoms with Crippen LogP contribution in [0.1, 0.15) is 22.4 Å². The third-order valence-electron chi connectivity index (χ3n) is 4.48. The van der Waals surface area contributed by atoms with E-state index in [1.807, 2.05) is 62.4 Å². The molecule has 2 heterocycles. The van der Waals surface area contributed by atoms with Crippen LogP contribution < -0.4 is 10.9 Å². The van der Waals surface area contributed by atoms with Crippen LogP contribution >= 0.6 is 11.8 Å². The van der Waals surface area contributed by atoms with Gasteiger partial charge in [-0.05, 0) is 31.5 Å². The van der Waals surface area contributed by atoms with E-state index in [2.05, 4.69) is 25.6 Å². The van der Waals surface area contributed by atoms with E-state index in [-0.39, 0.29) is 23.0 Å². The van der Waals surface area contributed by atoms with E-state index in [1.165, 1.54) is 16.3 Å². The molecule has 4 aromatic rings. The Morgan fingerprint density at radius 3 is 2.40 bits per heavy atom.